The Morgan fingerprint density at radius 2 is 2.24 bits per heavy atom. The normalized spacial score (nSPS) is 34.9. The number of amides is 1. The van der Waals surface area contributed by atoms with E-state index >= 15 is 0 Å². The van der Waals surface area contributed by atoms with Crippen LogP contribution in [0.25, 0.3) is 0 Å². The van der Waals surface area contributed by atoms with Crippen LogP contribution in [0.15, 0.2) is 0 Å². The van der Waals surface area contributed by atoms with Crippen molar-refractivity contribution in [2.45, 2.75) is 45.3 Å². The third-order valence-corrected chi connectivity index (χ3v) is 3.98. The number of carbonyl (C=O) groups is 1. The SMILES string of the molecule is CCCC1NC(C)C(=O)N1CC1CCN(C)C1. The molecule has 0 aromatic carbocycles. The maximum Gasteiger partial charge on any atom is 0.240 e. The molecule has 2 saturated heterocycles. The number of nitrogens with one attached hydrogen (secondary N) is 1. The van der Waals surface area contributed by atoms with Crippen LogP contribution in [0.3, 0.4) is 0 Å². The van der Waals surface area contributed by atoms with Gasteiger partial charge in [-0.05, 0) is 39.3 Å². The molecule has 2 heterocycles. The molecule has 17 heavy (non-hydrogen) atoms. The summed E-state index contributed by atoms with van der Waals surface area (Å²) in [5.41, 5.74) is 0. The van der Waals surface area contributed by atoms with Gasteiger partial charge in [0.05, 0.1) is 12.2 Å². The van der Waals surface area contributed by atoms with Crippen molar-refractivity contribution in [3.8, 4) is 0 Å². The fourth-order valence-corrected chi connectivity index (χ4v) is 3.04. The van der Waals surface area contributed by atoms with Crippen LogP contribution in [0.1, 0.15) is 33.1 Å². The highest BCUT2D eigenvalue weighted by atomic mass is 16.2. The minimum atomic E-state index is 0.00526. The van der Waals surface area contributed by atoms with Gasteiger partial charge in [-0.1, -0.05) is 13.3 Å². The van der Waals surface area contributed by atoms with Crippen LogP contribution in [0.4, 0.5) is 0 Å². The average molecular weight is 239 g/mol. The number of rotatable bonds is 4. The Morgan fingerprint density at radius 1 is 1.47 bits per heavy atom. The van der Waals surface area contributed by atoms with Crippen molar-refractivity contribution in [2.24, 2.45) is 5.92 Å². The van der Waals surface area contributed by atoms with Crippen molar-refractivity contribution in [1.29, 1.82) is 0 Å². The van der Waals surface area contributed by atoms with Crippen LogP contribution in [0, 0.1) is 5.92 Å². The lowest BCUT2D eigenvalue weighted by molar-refractivity contribution is -0.130. The predicted molar refractivity (Wildman–Crippen MR) is 68.6 cm³/mol. The van der Waals surface area contributed by atoms with Gasteiger partial charge in [-0.25, -0.2) is 0 Å². The molecular weight excluding hydrogens is 214 g/mol. The molecule has 0 radical (unpaired) electrons. The Hall–Kier alpha value is -0.610. The van der Waals surface area contributed by atoms with Gasteiger partial charge in [0.2, 0.25) is 5.91 Å². The summed E-state index contributed by atoms with van der Waals surface area (Å²) in [6.45, 7) is 7.40. The number of hydrogen-bond acceptors (Lipinski definition) is 3. The molecule has 4 heteroatoms. The van der Waals surface area contributed by atoms with E-state index in [0.717, 1.165) is 25.9 Å². The first-order valence-corrected chi connectivity index (χ1v) is 6.87. The van der Waals surface area contributed by atoms with E-state index in [4.69, 9.17) is 0 Å². The van der Waals surface area contributed by atoms with Gasteiger partial charge in [-0.3, -0.25) is 10.1 Å². The maximum atomic E-state index is 12.1. The van der Waals surface area contributed by atoms with Gasteiger partial charge in [0.1, 0.15) is 0 Å². The van der Waals surface area contributed by atoms with E-state index in [-0.39, 0.29) is 18.1 Å². The fourth-order valence-electron chi connectivity index (χ4n) is 3.04. The topological polar surface area (TPSA) is 35.6 Å². The fraction of sp³-hybridized carbons (Fsp3) is 0.923. The maximum absolute atomic E-state index is 12.1. The molecule has 1 amide bonds. The first-order chi connectivity index (χ1) is 8.11. The van der Waals surface area contributed by atoms with Crippen molar-refractivity contribution >= 4 is 5.91 Å². The van der Waals surface area contributed by atoms with Gasteiger partial charge >= 0.3 is 0 Å². The van der Waals surface area contributed by atoms with Crippen LogP contribution < -0.4 is 5.32 Å². The highest BCUT2D eigenvalue weighted by Crippen LogP contribution is 2.21. The molecular formula is C13H25N3O. The molecule has 0 bridgehead atoms. The summed E-state index contributed by atoms with van der Waals surface area (Å²) >= 11 is 0. The van der Waals surface area contributed by atoms with Crippen molar-refractivity contribution in [3.63, 3.8) is 0 Å². The summed E-state index contributed by atoms with van der Waals surface area (Å²) in [5, 5.41) is 3.40. The molecule has 4 nitrogen and oxygen atoms in total. The Bertz CT molecular complexity index is 282. The molecule has 0 aliphatic carbocycles. The van der Waals surface area contributed by atoms with Crippen LogP contribution in [0.2, 0.25) is 0 Å². The molecule has 0 aromatic rings. The molecule has 2 aliphatic heterocycles. The number of nitrogens with zero attached hydrogens (tertiary/aromatic N) is 2. The Balaban J connectivity index is 1.94. The predicted octanol–water partition coefficient (Wildman–Crippen LogP) is 0.885. The van der Waals surface area contributed by atoms with E-state index < -0.39 is 0 Å². The quantitative estimate of drug-likeness (QED) is 0.791. The summed E-state index contributed by atoms with van der Waals surface area (Å²) in [6, 6.07) is 0.00526. The molecule has 0 spiro atoms. The minimum Gasteiger partial charge on any atom is -0.325 e. The zero-order valence-electron chi connectivity index (χ0n) is 11.3. The van der Waals surface area contributed by atoms with Crippen molar-refractivity contribution in [1.82, 2.24) is 15.1 Å². The van der Waals surface area contributed by atoms with E-state index in [1.165, 1.54) is 13.0 Å². The highest BCUT2D eigenvalue weighted by Gasteiger charge is 2.37. The summed E-state index contributed by atoms with van der Waals surface area (Å²) in [6.07, 6.45) is 3.69. The second-order valence-electron chi connectivity index (χ2n) is 5.60. The number of carbonyl (C=O) groups excluding carboxylic acids is 1. The summed E-state index contributed by atoms with van der Waals surface area (Å²) in [4.78, 5) is 16.5. The lowest BCUT2D eigenvalue weighted by atomic mass is 10.1. The second-order valence-corrected chi connectivity index (χ2v) is 5.60. The molecule has 3 unspecified atom stereocenters. The first kappa shape index (κ1) is 12.8. The van der Waals surface area contributed by atoms with Crippen LogP contribution in [0.5, 0.6) is 0 Å². The molecule has 0 saturated carbocycles. The van der Waals surface area contributed by atoms with E-state index in [2.05, 4.69) is 29.1 Å². The number of hydrogen-bond donors (Lipinski definition) is 1. The van der Waals surface area contributed by atoms with E-state index in [9.17, 15) is 4.79 Å². The van der Waals surface area contributed by atoms with Crippen LogP contribution >= 0.6 is 0 Å². The highest BCUT2D eigenvalue weighted by molar-refractivity contribution is 5.83. The standard InChI is InChI=1S/C13H25N3O/c1-4-5-12-14-10(2)13(17)16(12)9-11-6-7-15(3)8-11/h10-12,14H,4-9H2,1-3H3. The van der Waals surface area contributed by atoms with E-state index in [1.807, 2.05) is 6.92 Å². The molecule has 2 aliphatic rings. The van der Waals surface area contributed by atoms with Gasteiger partial charge in [0, 0.05) is 13.1 Å². The molecule has 0 aromatic heterocycles. The van der Waals surface area contributed by atoms with Gasteiger partial charge in [-0.15, -0.1) is 0 Å². The van der Waals surface area contributed by atoms with E-state index in [0.29, 0.717) is 5.92 Å². The van der Waals surface area contributed by atoms with Gasteiger partial charge in [-0.2, -0.15) is 0 Å². The van der Waals surface area contributed by atoms with Crippen molar-refractivity contribution in [2.75, 3.05) is 26.7 Å². The number of likely N-dealkylation sites (tertiary alicyclic amines) is 1. The second kappa shape index (κ2) is 5.36. The third kappa shape index (κ3) is 2.80. The van der Waals surface area contributed by atoms with Gasteiger partial charge in [0.25, 0.3) is 0 Å². The monoisotopic (exact) mass is 239 g/mol. The Labute approximate surface area is 104 Å². The lowest BCUT2D eigenvalue weighted by Gasteiger charge is -2.26. The third-order valence-electron chi connectivity index (χ3n) is 3.98. The smallest absolute Gasteiger partial charge is 0.240 e. The first-order valence-electron chi connectivity index (χ1n) is 6.87. The minimum absolute atomic E-state index is 0.00526. The molecule has 1 N–H and O–H groups in total. The van der Waals surface area contributed by atoms with Gasteiger partial charge < -0.3 is 9.80 Å². The lowest BCUT2D eigenvalue weighted by Crippen LogP contribution is -2.40. The zero-order chi connectivity index (χ0) is 12.4. The Kier molecular flexibility index (Phi) is 4.05. The van der Waals surface area contributed by atoms with E-state index in [1.54, 1.807) is 0 Å². The summed E-state index contributed by atoms with van der Waals surface area (Å²) < 4.78 is 0. The van der Waals surface area contributed by atoms with Crippen molar-refractivity contribution in [3.05, 3.63) is 0 Å². The molecule has 2 fully saturated rings. The zero-order valence-corrected chi connectivity index (χ0v) is 11.3. The molecule has 98 valence electrons. The summed E-state index contributed by atoms with van der Waals surface area (Å²) in [5.74, 6) is 0.952. The average Bonchev–Trinajstić information content (AvgIpc) is 2.79. The molecule has 3 atom stereocenters. The summed E-state index contributed by atoms with van der Waals surface area (Å²) in [7, 11) is 2.16. The van der Waals surface area contributed by atoms with Crippen LogP contribution in [-0.4, -0.2) is 54.6 Å². The van der Waals surface area contributed by atoms with Crippen molar-refractivity contribution < 1.29 is 4.79 Å². The van der Waals surface area contributed by atoms with Crippen LogP contribution in [-0.2, 0) is 4.79 Å². The van der Waals surface area contributed by atoms with Gasteiger partial charge in [0.15, 0.2) is 0 Å². The largest absolute Gasteiger partial charge is 0.325 e. The molecule has 2 rings (SSSR count). The Morgan fingerprint density at radius 3 is 2.82 bits per heavy atom.